The van der Waals surface area contributed by atoms with E-state index in [0.717, 1.165) is 17.4 Å². The van der Waals surface area contributed by atoms with Crippen molar-refractivity contribution in [3.05, 3.63) is 35.4 Å². The van der Waals surface area contributed by atoms with Gasteiger partial charge in [0.05, 0.1) is 6.42 Å². The van der Waals surface area contributed by atoms with Crippen LogP contribution in [-0.2, 0) is 17.8 Å². The molecule has 3 nitrogen and oxygen atoms in total. The molecule has 0 saturated heterocycles. The third-order valence-electron chi connectivity index (χ3n) is 3.95. The first-order valence-electron chi connectivity index (χ1n) is 7.25. The predicted octanol–water partition coefficient (Wildman–Crippen LogP) is 3.08. The van der Waals surface area contributed by atoms with Crippen LogP contribution >= 0.6 is 11.8 Å². The van der Waals surface area contributed by atoms with Gasteiger partial charge in [-0.2, -0.15) is 11.8 Å². The fourth-order valence-corrected chi connectivity index (χ4v) is 3.77. The van der Waals surface area contributed by atoms with Crippen molar-refractivity contribution in [2.75, 3.05) is 6.26 Å². The molecular formula is C16H23NO2S. The van der Waals surface area contributed by atoms with Crippen LogP contribution in [0.3, 0.4) is 0 Å². The quantitative estimate of drug-likeness (QED) is 0.846. The molecule has 1 fully saturated rings. The van der Waals surface area contributed by atoms with Gasteiger partial charge in [0, 0.05) is 17.8 Å². The highest BCUT2D eigenvalue weighted by Crippen LogP contribution is 2.27. The lowest BCUT2D eigenvalue weighted by Gasteiger charge is -2.31. The maximum Gasteiger partial charge on any atom is 0.307 e. The average Bonchev–Trinajstić information content (AvgIpc) is 2.46. The van der Waals surface area contributed by atoms with E-state index in [1.807, 2.05) is 36.0 Å². The molecule has 2 unspecified atom stereocenters. The van der Waals surface area contributed by atoms with E-state index in [1.54, 1.807) is 0 Å². The Morgan fingerprint density at radius 1 is 1.25 bits per heavy atom. The van der Waals surface area contributed by atoms with Crippen LogP contribution in [0.25, 0.3) is 0 Å². The lowest BCUT2D eigenvalue weighted by atomic mass is 9.94. The second-order valence-corrected chi connectivity index (χ2v) is 6.51. The van der Waals surface area contributed by atoms with E-state index in [-0.39, 0.29) is 6.42 Å². The smallest absolute Gasteiger partial charge is 0.307 e. The molecule has 0 spiro atoms. The zero-order valence-corrected chi connectivity index (χ0v) is 12.8. The maximum atomic E-state index is 10.6. The van der Waals surface area contributed by atoms with Gasteiger partial charge < -0.3 is 10.4 Å². The first-order chi connectivity index (χ1) is 9.69. The van der Waals surface area contributed by atoms with Crippen LogP contribution in [0.2, 0.25) is 0 Å². The molecule has 2 N–H and O–H groups in total. The minimum absolute atomic E-state index is 0.102. The molecule has 0 aromatic heterocycles. The molecule has 2 rings (SSSR count). The first-order valence-corrected chi connectivity index (χ1v) is 8.53. The number of nitrogens with one attached hydrogen (secondary N) is 1. The summed E-state index contributed by atoms with van der Waals surface area (Å²) in [7, 11) is 0. The molecule has 1 aliphatic rings. The monoisotopic (exact) mass is 293 g/mol. The lowest BCUT2D eigenvalue weighted by Crippen LogP contribution is -2.39. The Morgan fingerprint density at radius 2 is 1.90 bits per heavy atom. The van der Waals surface area contributed by atoms with Gasteiger partial charge in [0.25, 0.3) is 0 Å². The summed E-state index contributed by atoms with van der Waals surface area (Å²) in [6, 6.07) is 8.50. The van der Waals surface area contributed by atoms with Crippen molar-refractivity contribution in [3.8, 4) is 0 Å². The van der Waals surface area contributed by atoms with Gasteiger partial charge in [0.15, 0.2) is 0 Å². The lowest BCUT2D eigenvalue weighted by molar-refractivity contribution is -0.136. The maximum absolute atomic E-state index is 10.6. The van der Waals surface area contributed by atoms with E-state index < -0.39 is 5.97 Å². The van der Waals surface area contributed by atoms with Gasteiger partial charge in [-0.25, -0.2) is 0 Å². The Bertz CT molecular complexity index is 433. The van der Waals surface area contributed by atoms with E-state index in [4.69, 9.17) is 5.11 Å². The number of aliphatic carboxylic acids is 1. The number of carboxylic acid groups (broad SMARTS) is 1. The Hall–Kier alpha value is -1.00. The van der Waals surface area contributed by atoms with Crippen molar-refractivity contribution in [1.29, 1.82) is 0 Å². The zero-order valence-electron chi connectivity index (χ0n) is 12.0. The molecule has 1 aromatic rings. The normalized spacial score (nSPS) is 22.6. The number of hydrogen-bond donors (Lipinski definition) is 2. The van der Waals surface area contributed by atoms with Crippen molar-refractivity contribution in [3.63, 3.8) is 0 Å². The van der Waals surface area contributed by atoms with Crippen LogP contribution < -0.4 is 5.32 Å². The Balaban J connectivity index is 1.85. The average molecular weight is 293 g/mol. The number of hydrogen-bond acceptors (Lipinski definition) is 3. The van der Waals surface area contributed by atoms with Crippen molar-refractivity contribution in [1.82, 2.24) is 5.32 Å². The van der Waals surface area contributed by atoms with Crippen molar-refractivity contribution in [2.45, 2.75) is 49.9 Å². The number of rotatable bonds is 6. The molecular weight excluding hydrogens is 270 g/mol. The van der Waals surface area contributed by atoms with Gasteiger partial charge in [-0.15, -0.1) is 0 Å². The van der Waals surface area contributed by atoms with Crippen molar-refractivity contribution in [2.24, 2.45) is 0 Å². The van der Waals surface area contributed by atoms with Crippen LogP contribution in [-0.4, -0.2) is 28.6 Å². The fraction of sp³-hybridized carbons (Fsp3) is 0.562. The van der Waals surface area contributed by atoms with E-state index in [2.05, 4.69) is 11.6 Å². The molecule has 0 bridgehead atoms. The van der Waals surface area contributed by atoms with Crippen LogP contribution in [0.5, 0.6) is 0 Å². The number of carboxylic acids is 1. The number of benzene rings is 1. The van der Waals surface area contributed by atoms with Crippen LogP contribution in [0.15, 0.2) is 24.3 Å². The predicted molar refractivity (Wildman–Crippen MR) is 84.2 cm³/mol. The summed E-state index contributed by atoms with van der Waals surface area (Å²) < 4.78 is 0. The highest BCUT2D eigenvalue weighted by molar-refractivity contribution is 7.99. The molecule has 0 aliphatic heterocycles. The molecule has 20 heavy (non-hydrogen) atoms. The second kappa shape index (κ2) is 7.70. The standard InChI is InChI=1S/C16H23NO2S/c1-20-15-5-3-2-4-14(15)17-11-13-8-6-12(7-9-13)10-16(18)19/h6-9,14-15,17H,2-5,10-11H2,1H3,(H,18,19). The molecule has 4 heteroatoms. The molecule has 0 radical (unpaired) electrons. The summed E-state index contributed by atoms with van der Waals surface area (Å²) >= 11 is 1.97. The van der Waals surface area contributed by atoms with Crippen LogP contribution in [0.1, 0.15) is 36.8 Å². The highest BCUT2D eigenvalue weighted by Gasteiger charge is 2.23. The Labute approximate surface area is 125 Å². The second-order valence-electron chi connectivity index (χ2n) is 5.43. The molecule has 0 amide bonds. The van der Waals surface area contributed by atoms with Gasteiger partial charge in [-0.3, -0.25) is 4.79 Å². The van der Waals surface area contributed by atoms with Crippen LogP contribution in [0.4, 0.5) is 0 Å². The van der Waals surface area contributed by atoms with E-state index in [1.165, 1.54) is 31.2 Å². The first kappa shape index (κ1) is 15.4. The van der Waals surface area contributed by atoms with Crippen molar-refractivity contribution < 1.29 is 9.90 Å². The van der Waals surface area contributed by atoms with Crippen LogP contribution in [0, 0.1) is 0 Å². The summed E-state index contributed by atoms with van der Waals surface area (Å²) in [4.78, 5) is 10.6. The van der Waals surface area contributed by atoms with E-state index >= 15 is 0 Å². The van der Waals surface area contributed by atoms with Gasteiger partial charge in [0.2, 0.25) is 0 Å². The molecule has 1 aliphatic carbocycles. The Kier molecular flexibility index (Phi) is 5.92. The van der Waals surface area contributed by atoms with Gasteiger partial charge in [-0.1, -0.05) is 37.1 Å². The summed E-state index contributed by atoms with van der Waals surface area (Å²) in [6.07, 6.45) is 7.56. The number of thioether (sulfide) groups is 1. The largest absolute Gasteiger partial charge is 0.481 e. The zero-order chi connectivity index (χ0) is 14.4. The number of carbonyl (C=O) groups is 1. The Morgan fingerprint density at radius 3 is 2.55 bits per heavy atom. The fourth-order valence-electron chi connectivity index (χ4n) is 2.81. The molecule has 2 atom stereocenters. The van der Waals surface area contributed by atoms with E-state index in [9.17, 15) is 4.79 Å². The minimum Gasteiger partial charge on any atom is -0.481 e. The topological polar surface area (TPSA) is 49.3 Å². The summed E-state index contributed by atoms with van der Waals surface area (Å²) in [5.41, 5.74) is 2.09. The molecule has 1 aromatic carbocycles. The summed E-state index contributed by atoms with van der Waals surface area (Å²) in [5.74, 6) is -0.777. The summed E-state index contributed by atoms with van der Waals surface area (Å²) in [6.45, 7) is 0.870. The third-order valence-corrected chi connectivity index (χ3v) is 5.12. The van der Waals surface area contributed by atoms with Gasteiger partial charge in [-0.05, 0) is 30.2 Å². The molecule has 1 saturated carbocycles. The summed E-state index contributed by atoms with van der Waals surface area (Å²) in [5, 5.41) is 13.1. The van der Waals surface area contributed by atoms with Gasteiger partial charge >= 0.3 is 5.97 Å². The van der Waals surface area contributed by atoms with Crippen molar-refractivity contribution >= 4 is 17.7 Å². The van der Waals surface area contributed by atoms with Gasteiger partial charge in [0.1, 0.15) is 0 Å². The molecule has 110 valence electrons. The highest BCUT2D eigenvalue weighted by atomic mass is 32.2. The minimum atomic E-state index is -0.777. The SMILES string of the molecule is CSC1CCCCC1NCc1ccc(CC(=O)O)cc1. The third kappa shape index (κ3) is 4.53. The molecule has 0 heterocycles. The van der Waals surface area contributed by atoms with E-state index in [0.29, 0.717) is 6.04 Å².